The molecule has 0 fully saturated rings. The van der Waals surface area contributed by atoms with Crippen molar-refractivity contribution in [2.45, 2.75) is 12.2 Å². The van der Waals surface area contributed by atoms with E-state index in [2.05, 4.69) is 10.3 Å². The number of thioether (sulfide) groups is 1. The lowest BCUT2D eigenvalue weighted by atomic mass is 10.2. The summed E-state index contributed by atoms with van der Waals surface area (Å²) < 4.78 is 15.8. The molecule has 0 bridgehead atoms. The number of anilines is 1. The minimum absolute atomic E-state index is 0.197. The fourth-order valence-electron chi connectivity index (χ4n) is 2.31. The molecule has 0 atom stereocenters. The van der Waals surface area contributed by atoms with E-state index in [4.69, 9.17) is 0 Å². The molecular formula is C19H18FN3OS. The summed E-state index contributed by atoms with van der Waals surface area (Å²) in [6, 6.07) is 14.2. The van der Waals surface area contributed by atoms with Gasteiger partial charge in [0.2, 0.25) is 5.91 Å². The third kappa shape index (κ3) is 4.93. The van der Waals surface area contributed by atoms with Crippen molar-refractivity contribution in [3.05, 3.63) is 78.6 Å². The van der Waals surface area contributed by atoms with Crippen LogP contribution in [0.1, 0.15) is 12.1 Å². The molecule has 128 valence electrons. The Morgan fingerprint density at radius 2 is 2.00 bits per heavy atom. The van der Waals surface area contributed by atoms with Gasteiger partial charge < -0.3 is 9.88 Å². The van der Waals surface area contributed by atoms with Crippen LogP contribution in [0.3, 0.4) is 0 Å². The van der Waals surface area contributed by atoms with E-state index in [9.17, 15) is 9.18 Å². The topological polar surface area (TPSA) is 46.9 Å². The minimum Gasteiger partial charge on any atom is -0.324 e. The monoisotopic (exact) mass is 355 g/mol. The molecule has 3 rings (SSSR count). The molecule has 2 heterocycles. The molecule has 1 amide bonds. The van der Waals surface area contributed by atoms with Gasteiger partial charge in [0, 0.05) is 42.2 Å². The zero-order valence-corrected chi connectivity index (χ0v) is 14.4. The number of carbonyl (C=O) groups excluding carboxylic acids is 1. The van der Waals surface area contributed by atoms with Gasteiger partial charge in [-0.15, -0.1) is 0 Å². The molecule has 1 N–H and O–H groups in total. The van der Waals surface area contributed by atoms with Gasteiger partial charge in [-0.2, -0.15) is 11.8 Å². The number of amides is 1. The predicted octanol–water partition coefficient (Wildman–Crippen LogP) is 4.27. The molecule has 0 saturated carbocycles. The van der Waals surface area contributed by atoms with Gasteiger partial charge in [0.05, 0.1) is 11.4 Å². The Hall–Kier alpha value is -2.60. The number of carbonyl (C=O) groups is 1. The molecule has 0 aliphatic rings. The van der Waals surface area contributed by atoms with Crippen molar-refractivity contribution in [3.8, 4) is 5.69 Å². The van der Waals surface area contributed by atoms with E-state index >= 15 is 0 Å². The lowest BCUT2D eigenvalue weighted by molar-refractivity contribution is -0.115. The second kappa shape index (κ2) is 8.48. The van der Waals surface area contributed by atoms with Gasteiger partial charge in [-0.25, -0.2) is 4.39 Å². The molecule has 6 heteroatoms. The third-order valence-corrected chi connectivity index (χ3v) is 4.57. The summed E-state index contributed by atoms with van der Waals surface area (Å²) in [7, 11) is 0. The summed E-state index contributed by atoms with van der Waals surface area (Å²) in [6.45, 7) is 0. The Kier molecular flexibility index (Phi) is 5.85. The molecule has 1 aromatic carbocycles. The first-order chi connectivity index (χ1) is 12.2. The number of hydrogen-bond donors (Lipinski definition) is 1. The average Bonchev–Trinajstić information content (AvgIpc) is 3.16. The highest BCUT2D eigenvalue weighted by molar-refractivity contribution is 7.98. The van der Waals surface area contributed by atoms with Gasteiger partial charge >= 0.3 is 0 Å². The summed E-state index contributed by atoms with van der Waals surface area (Å²) in [5, 5.41) is 2.65. The van der Waals surface area contributed by atoms with Gasteiger partial charge in [0.15, 0.2) is 0 Å². The first-order valence-electron chi connectivity index (χ1n) is 7.93. The van der Waals surface area contributed by atoms with Crippen molar-refractivity contribution < 1.29 is 9.18 Å². The van der Waals surface area contributed by atoms with Crippen molar-refractivity contribution in [2.24, 2.45) is 0 Å². The van der Waals surface area contributed by atoms with Crippen molar-refractivity contribution in [1.29, 1.82) is 0 Å². The van der Waals surface area contributed by atoms with E-state index in [-0.39, 0.29) is 11.6 Å². The second-order valence-electron chi connectivity index (χ2n) is 5.43. The summed E-state index contributed by atoms with van der Waals surface area (Å²) in [5.74, 6) is 0.773. The molecule has 0 radical (unpaired) electrons. The number of nitrogens with zero attached hydrogens (tertiary/aromatic N) is 2. The highest BCUT2D eigenvalue weighted by atomic mass is 32.2. The Labute approximate surface area is 150 Å². The van der Waals surface area contributed by atoms with E-state index in [0.29, 0.717) is 12.2 Å². The fourth-order valence-corrected chi connectivity index (χ4v) is 3.17. The Balaban J connectivity index is 1.51. The minimum atomic E-state index is -0.439. The summed E-state index contributed by atoms with van der Waals surface area (Å²) in [4.78, 5) is 16.3. The van der Waals surface area contributed by atoms with Gasteiger partial charge in [0.1, 0.15) is 5.82 Å². The van der Waals surface area contributed by atoms with Crippen LogP contribution in [0.15, 0.2) is 67.1 Å². The van der Waals surface area contributed by atoms with Crippen LogP contribution in [0, 0.1) is 5.82 Å². The molecule has 0 spiro atoms. The molecule has 25 heavy (non-hydrogen) atoms. The van der Waals surface area contributed by atoms with E-state index < -0.39 is 5.82 Å². The quantitative estimate of drug-likeness (QED) is 0.644. The fraction of sp³-hybridized carbons (Fsp3) is 0.158. The molecule has 0 aliphatic carbocycles. The van der Waals surface area contributed by atoms with Crippen LogP contribution in [0.5, 0.6) is 0 Å². The summed E-state index contributed by atoms with van der Waals surface area (Å²) in [6.07, 6.45) is 5.81. The van der Waals surface area contributed by atoms with Crippen molar-refractivity contribution in [2.75, 3.05) is 11.1 Å². The van der Waals surface area contributed by atoms with Crippen molar-refractivity contribution >= 4 is 23.4 Å². The maximum atomic E-state index is 13.9. The molecule has 4 nitrogen and oxygen atoms in total. The van der Waals surface area contributed by atoms with Crippen LogP contribution in [0.25, 0.3) is 5.69 Å². The van der Waals surface area contributed by atoms with Crippen LogP contribution in [-0.4, -0.2) is 21.2 Å². The number of pyridine rings is 1. The summed E-state index contributed by atoms with van der Waals surface area (Å²) in [5.41, 5.74) is 1.98. The molecule has 0 unspecified atom stereocenters. The molecule has 3 aromatic rings. The van der Waals surface area contributed by atoms with E-state index in [1.807, 2.05) is 47.3 Å². The average molecular weight is 355 g/mol. The van der Waals surface area contributed by atoms with Crippen LogP contribution >= 0.6 is 11.8 Å². The van der Waals surface area contributed by atoms with Crippen LogP contribution in [0.2, 0.25) is 0 Å². The highest BCUT2D eigenvalue weighted by Gasteiger charge is 2.09. The molecule has 2 aromatic heterocycles. The zero-order chi connectivity index (χ0) is 17.5. The van der Waals surface area contributed by atoms with Gasteiger partial charge in [-0.1, -0.05) is 6.07 Å². The third-order valence-electron chi connectivity index (χ3n) is 3.58. The summed E-state index contributed by atoms with van der Waals surface area (Å²) >= 11 is 1.63. The van der Waals surface area contributed by atoms with Crippen LogP contribution < -0.4 is 5.32 Å². The standard InChI is InChI=1S/C19H18FN3OS/c20-17-7-6-16(23-10-3-4-11-23)13-18(17)22-19(24)8-12-25-14-15-5-1-2-9-21-15/h1-7,9-11,13H,8,12,14H2,(H,22,24). The lowest BCUT2D eigenvalue weighted by Gasteiger charge is -2.09. The van der Waals surface area contributed by atoms with Gasteiger partial charge in [0.25, 0.3) is 0 Å². The molecule has 0 aliphatic heterocycles. The smallest absolute Gasteiger partial charge is 0.225 e. The molecule has 0 saturated heterocycles. The van der Waals surface area contributed by atoms with E-state index in [0.717, 1.165) is 17.1 Å². The van der Waals surface area contributed by atoms with Gasteiger partial charge in [-0.05, 0) is 42.5 Å². The van der Waals surface area contributed by atoms with Crippen molar-refractivity contribution in [3.63, 3.8) is 0 Å². The Morgan fingerprint density at radius 3 is 2.76 bits per heavy atom. The Morgan fingerprint density at radius 1 is 1.16 bits per heavy atom. The first kappa shape index (κ1) is 17.2. The largest absolute Gasteiger partial charge is 0.324 e. The number of hydrogen-bond acceptors (Lipinski definition) is 3. The predicted molar refractivity (Wildman–Crippen MR) is 99.4 cm³/mol. The van der Waals surface area contributed by atoms with Crippen LogP contribution in [-0.2, 0) is 10.5 Å². The number of aromatic nitrogens is 2. The number of rotatable bonds is 7. The second-order valence-corrected chi connectivity index (χ2v) is 6.53. The van der Waals surface area contributed by atoms with E-state index in [1.165, 1.54) is 6.07 Å². The Bertz CT molecular complexity index is 822. The zero-order valence-electron chi connectivity index (χ0n) is 13.6. The number of halogens is 1. The maximum absolute atomic E-state index is 13.9. The molecular weight excluding hydrogens is 337 g/mol. The lowest BCUT2D eigenvalue weighted by Crippen LogP contribution is -2.13. The number of benzene rings is 1. The normalized spacial score (nSPS) is 10.6. The number of nitrogens with one attached hydrogen (secondary N) is 1. The van der Waals surface area contributed by atoms with Crippen LogP contribution in [0.4, 0.5) is 10.1 Å². The van der Waals surface area contributed by atoms with Gasteiger partial charge in [-0.3, -0.25) is 9.78 Å². The van der Waals surface area contributed by atoms with E-state index in [1.54, 1.807) is 30.1 Å². The SMILES string of the molecule is O=C(CCSCc1ccccn1)Nc1cc(-n2cccc2)ccc1F. The van der Waals surface area contributed by atoms with Crippen molar-refractivity contribution in [1.82, 2.24) is 9.55 Å². The first-order valence-corrected chi connectivity index (χ1v) is 9.08. The maximum Gasteiger partial charge on any atom is 0.225 e. The highest BCUT2D eigenvalue weighted by Crippen LogP contribution is 2.20.